The Labute approximate surface area is 166 Å². The van der Waals surface area contributed by atoms with Gasteiger partial charge in [-0.25, -0.2) is 0 Å². The Balaban J connectivity index is 1.33. The number of guanidine groups is 1. The van der Waals surface area contributed by atoms with Gasteiger partial charge in [0.2, 0.25) is 0 Å². The molecule has 0 spiro atoms. The largest absolute Gasteiger partial charge is 0.369 e. The Morgan fingerprint density at radius 1 is 1.22 bits per heavy atom. The van der Waals surface area contributed by atoms with Crippen LogP contribution in [0.15, 0.2) is 58.1 Å². The van der Waals surface area contributed by atoms with Crippen molar-refractivity contribution in [1.29, 1.82) is 0 Å². The molecule has 2 N–H and O–H groups in total. The van der Waals surface area contributed by atoms with Gasteiger partial charge in [-0.3, -0.25) is 9.39 Å². The van der Waals surface area contributed by atoms with Crippen molar-refractivity contribution in [1.82, 2.24) is 25.2 Å². The Hall–Kier alpha value is -2.61. The maximum atomic E-state index is 4.35. The highest BCUT2D eigenvalue weighted by atomic mass is 79.9. The van der Waals surface area contributed by atoms with Crippen LogP contribution in [0.4, 0.5) is 5.69 Å². The second-order valence-electron chi connectivity index (χ2n) is 6.52. The van der Waals surface area contributed by atoms with Gasteiger partial charge >= 0.3 is 0 Å². The molecule has 1 fully saturated rings. The zero-order valence-corrected chi connectivity index (χ0v) is 16.7. The molecule has 0 aliphatic carbocycles. The average molecular weight is 428 g/mol. The second-order valence-corrected chi connectivity index (χ2v) is 7.44. The molecule has 8 heteroatoms. The van der Waals surface area contributed by atoms with Gasteiger partial charge < -0.3 is 15.5 Å². The topological polar surface area (TPSA) is 69.8 Å². The maximum absolute atomic E-state index is 4.35. The van der Waals surface area contributed by atoms with Crippen LogP contribution in [0.2, 0.25) is 0 Å². The van der Waals surface area contributed by atoms with E-state index in [0.717, 1.165) is 41.4 Å². The minimum absolute atomic E-state index is 0.356. The number of rotatable bonds is 4. The van der Waals surface area contributed by atoms with Crippen LogP contribution in [0.1, 0.15) is 12.2 Å². The lowest BCUT2D eigenvalue weighted by Gasteiger charge is -2.20. The van der Waals surface area contributed by atoms with Crippen molar-refractivity contribution < 1.29 is 0 Å². The van der Waals surface area contributed by atoms with Crippen LogP contribution < -0.4 is 15.5 Å². The number of aliphatic imine (C=N–C) groups is 1. The Morgan fingerprint density at radius 3 is 2.89 bits per heavy atom. The molecule has 27 heavy (non-hydrogen) atoms. The molecule has 0 amide bonds. The first-order valence-corrected chi connectivity index (χ1v) is 9.78. The van der Waals surface area contributed by atoms with E-state index in [1.165, 1.54) is 5.69 Å². The number of fused-ring (bicyclic) bond motifs is 1. The van der Waals surface area contributed by atoms with E-state index >= 15 is 0 Å². The van der Waals surface area contributed by atoms with Gasteiger partial charge in [-0.1, -0.05) is 22.0 Å². The van der Waals surface area contributed by atoms with Gasteiger partial charge in [0.15, 0.2) is 17.4 Å². The number of nitrogens with one attached hydrogen (secondary N) is 2. The fourth-order valence-corrected chi connectivity index (χ4v) is 3.59. The summed E-state index contributed by atoms with van der Waals surface area (Å²) in [6.07, 6.45) is 3.04. The van der Waals surface area contributed by atoms with Crippen LogP contribution in [0.25, 0.3) is 5.65 Å². The van der Waals surface area contributed by atoms with E-state index in [1.54, 1.807) is 7.05 Å². The summed E-state index contributed by atoms with van der Waals surface area (Å²) < 4.78 is 3.08. The predicted molar refractivity (Wildman–Crippen MR) is 111 cm³/mol. The SMILES string of the molecule is CN=C(NCc1nnc2ccccn12)NC1CCN(c2ccc(Br)cc2)C1. The Morgan fingerprint density at radius 2 is 2.07 bits per heavy atom. The molecule has 3 heterocycles. The van der Waals surface area contributed by atoms with Crippen LogP contribution in [0.3, 0.4) is 0 Å². The minimum atomic E-state index is 0.356. The molecule has 0 radical (unpaired) electrons. The summed E-state index contributed by atoms with van der Waals surface area (Å²) in [4.78, 5) is 6.74. The monoisotopic (exact) mass is 427 g/mol. The van der Waals surface area contributed by atoms with E-state index in [0.29, 0.717) is 12.6 Å². The van der Waals surface area contributed by atoms with Crippen molar-refractivity contribution in [2.24, 2.45) is 4.99 Å². The third-order valence-corrected chi connectivity index (χ3v) is 5.27. The number of nitrogens with zero attached hydrogens (tertiary/aromatic N) is 5. The number of aromatic nitrogens is 3. The van der Waals surface area contributed by atoms with Gasteiger partial charge in [-0.15, -0.1) is 10.2 Å². The molecule has 1 unspecified atom stereocenters. The number of anilines is 1. The third-order valence-electron chi connectivity index (χ3n) is 4.74. The standard InChI is InChI=1S/C19H22BrN7/c1-21-19(22-12-18-25-24-17-4-2-3-10-27(17)18)23-15-9-11-26(13-15)16-7-5-14(20)6-8-16/h2-8,10,15H,9,11-13H2,1H3,(H2,21,22,23). The van der Waals surface area contributed by atoms with Crippen molar-refractivity contribution >= 4 is 33.2 Å². The summed E-state index contributed by atoms with van der Waals surface area (Å²) in [5.74, 6) is 1.64. The van der Waals surface area contributed by atoms with Gasteiger partial charge in [-0.2, -0.15) is 0 Å². The first kappa shape index (κ1) is 17.8. The van der Waals surface area contributed by atoms with E-state index < -0.39 is 0 Å². The molecule has 3 aromatic rings. The summed E-state index contributed by atoms with van der Waals surface area (Å²) in [5, 5.41) is 15.3. The van der Waals surface area contributed by atoms with Crippen LogP contribution in [0, 0.1) is 0 Å². The molecule has 0 bridgehead atoms. The van der Waals surface area contributed by atoms with Crippen LogP contribution >= 0.6 is 15.9 Å². The van der Waals surface area contributed by atoms with E-state index in [1.807, 2.05) is 28.8 Å². The number of hydrogen-bond acceptors (Lipinski definition) is 4. The molecule has 0 saturated carbocycles. The van der Waals surface area contributed by atoms with Gasteiger partial charge in [-0.05, 0) is 42.8 Å². The zero-order valence-electron chi connectivity index (χ0n) is 15.1. The fraction of sp³-hybridized carbons (Fsp3) is 0.316. The number of halogens is 1. The molecule has 1 aromatic carbocycles. The molecule has 2 aromatic heterocycles. The number of hydrogen-bond donors (Lipinski definition) is 2. The van der Waals surface area contributed by atoms with Crippen molar-refractivity contribution in [3.05, 3.63) is 59.0 Å². The lowest BCUT2D eigenvalue weighted by Crippen LogP contribution is -2.44. The van der Waals surface area contributed by atoms with Crippen LogP contribution in [0.5, 0.6) is 0 Å². The molecule has 1 saturated heterocycles. The van der Waals surface area contributed by atoms with Gasteiger partial charge in [0.05, 0.1) is 6.54 Å². The van der Waals surface area contributed by atoms with E-state index in [9.17, 15) is 0 Å². The van der Waals surface area contributed by atoms with Crippen molar-refractivity contribution in [2.75, 3.05) is 25.0 Å². The highest BCUT2D eigenvalue weighted by Gasteiger charge is 2.23. The van der Waals surface area contributed by atoms with Gasteiger partial charge in [0.1, 0.15) is 0 Å². The highest BCUT2D eigenvalue weighted by molar-refractivity contribution is 9.10. The lowest BCUT2D eigenvalue weighted by atomic mass is 10.3. The average Bonchev–Trinajstić information content (AvgIpc) is 3.33. The summed E-state index contributed by atoms with van der Waals surface area (Å²) in [7, 11) is 1.79. The number of pyridine rings is 1. The van der Waals surface area contributed by atoms with Crippen molar-refractivity contribution in [3.63, 3.8) is 0 Å². The minimum Gasteiger partial charge on any atom is -0.369 e. The summed E-state index contributed by atoms with van der Waals surface area (Å²) in [6.45, 7) is 2.55. The van der Waals surface area contributed by atoms with E-state index in [2.05, 4.69) is 70.9 Å². The lowest BCUT2D eigenvalue weighted by molar-refractivity contribution is 0.644. The molecular weight excluding hydrogens is 406 g/mol. The predicted octanol–water partition coefficient (Wildman–Crippen LogP) is 2.44. The smallest absolute Gasteiger partial charge is 0.191 e. The fourth-order valence-electron chi connectivity index (χ4n) is 3.33. The molecule has 1 aliphatic rings. The van der Waals surface area contributed by atoms with Crippen LogP contribution in [-0.2, 0) is 6.54 Å². The first-order chi connectivity index (χ1) is 13.2. The molecule has 4 rings (SSSR count). The summed E-state index contributed by atoms with van der Waals surface area (Å²) in [6, 6.07) is 14.7. The maximum Gasteiger partial charge on any atom is 0.191 e. The third kappa shape index (κ3) is 4.05. The Bertz CT molecular complexity index is 935. The first-order valence-electron chi connectivity index (χ1n) is 8.99. The van der Waals surface area contributed by atoms with Crippen molar-refractivity contribution in [2.45, 2.75) is 19.0 Å². The second kappa shape index (κ2) is 7.96. The normalized spacial score (nSPS) is 17.5. The summed E-state index contributed by atoms with van der Waals surface area (Å²) in [5.41, 5.74) is 2.10. The van der Waals surface area contributed by atoms with E-state index in [-0.39, 0.29) is 0 Å². The molecule has 140 valence electrons. The molecule has 7 nitrogen and oxygen atoms in total. The molecule has 1 atom stereocenters. The van der Waals surface area contributed by atoms with Crippen molar-refractivity contribution in [3.8, 4) is 0 Å². The van der Waals surface area contributed by atoms with E-state index in [4.69, 9.17) is 0 Å². The molecule has 1 aliphatic heterocycles. The van der Waals surface area contributed by atoms with Crippen LogP contribution in [-0.4, -0.2) is 46.7 Å². The zero-order chi connectivity index (χ0) is 18.6. The van der Waals surface area contributed by atoms with Gasteiger partial charge in [0, 0.05) is 42.5 Å². The quantitative estimate of drug-likeness (QED) is 0.494. The Kier molecular flexibility index (Phi) is 5.24. The molecular formula is C19H22BrN7. The van der Waals surface area contributed by atoms with Gasteiger partial charge in [0.25, 0.3) is 0 Å². The highest BCUT2D eigenvalue weighted by Crippen LogP contribution is 2.22. The summed E-state index contributed by atoms with van der Waals surface area (Å²) >= 11 is 3.49. The number of benzene rings is 1.